The molecule has 1 aliphatic rings. The first-order valence-corrected chi connectivity index (χ1v) is 8.84. The van der Waals surface area contributed by atoms with Crippen molar-refractivity contribution in [1.29, 1.82) is 0 Å². The van der Waals surface area contributed by atoms with Crippen LogP contribution in [0.1, 0.15) is 24.1 Å². The Hall–Kier alpha value is -2.48. The van der Waals surface area contributed by atoms with E-state index in [1.165, 1.54) is 0 Å². The van der Waals surface area contributed by atoms with Gasteiger partial charge in [0.15, 0.2) is 0 Å². The lowest BCUT2D eigenvalue weighted by atomic mass is 10.0. The van der Waals surface area contributed by atoms with E-state index in [2.05, 4.69) is 15.1 Å². The Morgan fingerprint density at radius 2 is 2.12 bits per heavy atom. The number of hydrogen-bond acceptors (Lipinski definition) is 6. The first-order chi connectivity index (χ1) is 12.4. The molecule has 2 aromatic heterocycles. The van der Waals surface area contributed by atoms with Crippen LogP contribution in [0, 0.1) is 6.92 Å². The van der Waals surface area contributed by atoms with E-state index >= 15 is 0 Å². The van der Waals surface area contributed by atoms with Gasteiger partial charge in [0.2, 0.25) is 11.9 Å². The molecule has 0 bridgehead atoms. The van der Waals surface area contributed by atoms with E-state index < -0.39 is 5.60 Å². The topological polar surface area (TPSA) is 87.4 Å². The Morgan fingerprint density at radius 3 is 2.77 bits per heavy atom. The molecule has 1 fully saturated rings. The minimum atomic E-state index is -0.937. The van der Waals surface area contributed by atoms with E-state index in [-0.39, 0.29) is 5.91 Å². The zero-order valence-corrected chi connectivity index (χ0v) is 15.6. The third kappa shape index (κ3) is 4.19. The van der Waals surface area contributed by atoms with E-state index in [4.69, 9.17) is 0 Å². The summed E-state index contributed by atoms with van der Waals surface area (Å²) in [5, 5.41) is 15.2. The van der Waals surface area contributed by atoms with Crippen molar-refractivity contribution in [1.82, 2.24) is 24.6 Å². The number of β-amino-alcohol motifs (C(OH)–C–C–N with tert-alkyl or cyclic N) is 1. The van der Waals surface area contributed by atoms with Crippen LogP contribution in [0.4, 0.5) is 5.95 Å². The fourth-order valence-electron chi connectivity index (χ4n) is 3.47. The molecule has 140 valence electrons. The van der Waals surface area contributed by atoms with Crippen LogP contribution in [-0.4, -0.2) is 67.9 Å². The minimum Gasteiger partial charge on any atom is -0.386 e. The van der Waals surface area contributed by atoms with Crippen LogP contribution >= 0.6 is 0 Å². The summed E-state index contributed by atoms with van der Waals surface area (Å²) >= 11 is 0. The van der Waals surface area contributed by atoms with Gasteiger partial charge in [-0.25, -0.2) is 9.97 Å². The maximum atomic E-state index is 12.5. The smallest absolute Gasteiger partial charge is 0.225 e. The number of carbonyl (C=O) groups excluding carboxylic acids is 1. The summed E-state index contributed by atoms with van der Waals surface area (Å²) in [5.74, 6) is 0.639. The van der Waals surface area contributed by atoms with Gasteiger partial charge in [0, 0.05) is 45.7 Å². The minimum absolute atomic E-state index is 0.0242. The van der Waals surface area contributed by atoms with Crippen molar-refractivity contribution in [3.8, 4) is 0 Å². The average molecular weight is 358 g/mol. The predicted molar refractivity (Wildman–Crippen MR) is 97.7 cm³/mol. The monoisotopic (exact) mass is 358 g/mol. The van der Waals surface area contributed by atoms with Gasteiger partial charge >= 0.3 is 0 Å². The van der Waals surface area contributed by atoms with Crippen LogP contribution in [0.5, 0.6) is 0 Å². The quantitative estimate of drug-likeness (QED) is 0.811. The van der Waals surface area contributed by atoms with Crippen molar-refractivity contribution in [3.63, 3.8) is 0 Å². The summed E-state index contributed by atoms with van der Waals surface area (Å²) in [6.07, 6.45) is 6.98. The number of nitrogens with zero attached hydrogens (tertiary/aromatic N) is 6. The Morgan fingerprint density at radius 1 is 1.38 bits per heavy atom. The highest BCUT2D eigenvalue weighted by Gasteiger charge is 2.38. The van der Waals surface area contributed by atoms with Crippen LogP contribution in [-0.2, 0) is 18.3 Å². The van der Waals surface area contributed by atoms with E-state index in [1.807, 2.05) is 25.1 Å². The van der Waals surface area contributed by atoms with Crippen LogP contribution in [0.15, 0.2) is 24.7 Å². The van der Waals surface area contributed by atoms with Gasteiger partial charge < -0.3 is 14.9 Å². The maximum absolute atomic E-state index is 12.5. The molecule has 8 heteroatoms. The highest BCUT2D eigenvalue weighted by molar-refractivity contribution is 5.76. The van der Waals surface area contributed by atoms with Gasteiger partial charge in [-0.3, -0.25) is 9.48 Å². The summed E-state index contributed by atoms with van der Waals surface area (Å²) in [6, 6.07) is 1.77. The maximum Gasteiger partial charge on any atom is 0.225 e. The van der Waals surface area contributed by atoms with Crippen molar-refractivity contribution >= 4 is 11.9 Å². The van der Waals surface area contributed by atoms with Crippen molar-refractivity contribution in [2.24, 2.45) is 7.05 Å². The summed E-state index contributed by atoms with van der Waals surface area (Å²) in [5.41, 5.74) is 1.10. The van der Waals surface area contributed by atoms with Crippen molar-refractivity contribution in [2.45, 2.75) is 31.8 Å². The van der Waals surface area contributed by atoms with E-state index in [9.17, 15) is 9.90 Å². The molecule has 1 amide bonds. The zero-order chi connectivity index (χ0) is 18.7. The predicted octanol–water partition coefficient (Wildman–Crippen LogP) is 0.551. The van der Waals surface area contributed by atoms with Crippen molar-refractivity contribution in [2.75, 3.05) is 31.6 Å². The van der Waals surface area contributed by atoms with Crippen LogP contribution in [0.3, 0.4) is 0 Å². The second-order valence-electron chi connectivity index (χ2n) is 7.11. The molecular formula is C18H26N6O2. The highest BCUT2D eigenvalue weighted by atomic mass is 16.3. The number of hydrogen-bond donors (Lipinski definition) is 1. The molecule has 2 aromatic rings. The molecule has 3 heterocycles. The molecule has 1 aliphatic heterocycles. The molecule has 0 spiro atoms. The lowest BCUT2D eigenvalue weighted by Crippen LogP contribution is -2.46. The van der Waals surface area contributed by atoms with Crippen molar-refractivity contribution in [3.05, 3.63) is 35.9 Å². The molecule has 1 saturated heterocycles. The van der Waals surface area contributed by atoms with Gasteiger partial charge in [0.1, 0.15) is 5.60 Å². The lowest BCUT2D eigenvalue weighted by Gasteiger charge is -2.29. The van der Waals surface area contributed by atoms with Crippen molar-refractivity contribution < 1.29 is 9.90 Å². The Bertz CT molecular complexity index is 762. The summed E-state index contributed by atoms with van der Waals surface area (Å²) in [7, 11) is 3.63. The van der Waals surface area contributed by atoms with Gasteiger partial charge in [-0.1, -0.05) is 0 Å². The number of aromatic nitrogens is 4. The number of aryl methyl sites for hydroxylation is 3. The molecule has 0 aromatic carbocycles. The first-order valence-electron chi connectivity index (χ1n) is 8.84. The standard InChI is InChI=1S/C18H26N6O2/c1-14-15(11-23(3)21-14)5-6-16(25)22(2)12-18(26)7-10-24(13-18)17-19-8-4-9-20-17/h4,8-9,11,26H,5-7,10,12-13H2,1-3H3/t18-/m0/s1. The summed E-state index contributed by atoms with van der Waals surface area (Å²) in [4.78, 5) is 24.5. The van der Waals surface area contributed by atoms with E-state index in [0.717, 1.165) is 11.3 Å². The first kappa shape index (κ1) is 18.3. The van der Waals surface area contributed by atoms with Gasteiger partial charge in [-0.2, -0.15) is 5.10 Å². The number of rotatable bonds is 6. The molecule has 0 radical (unpaired) electrons. The molecule has 0 saturated carbocycles. The summed E-state index contributed by atoms with van der Waals surface area (Å²) < 4.78 is 1.76. The Labute approximate surface area is 153 Å². The fourth-order valence-corrected chi connectivity index (χ4v) is 3.47. The average Bonchev–Trinajstić information content (AvgIpc) is 3.15. The van der Waals surface area contributed by atoms with Gasteiger partial charge in [0.05, 0.1) is 18.8 Å². The third-order valence-corrected chi connectivity index (χ3v) is 4.85. The molecule has 1 N–H and O–H groups in total. The molecule has 0 aliphatic carbocycles. The lowest BCUT2D eigenvalue weighted by molar-refractivity contribution is -0.132. The van der Waals surface area contributed by atoms with E-state index in [1.54, 1.807) is 35.1 Å². The van der Waals surface area contributed by atoms with Gasteiger partial charge in [0.25, 0.3) is 0 Å². The number of carbonyl (C=O) groups is 1. The van der Waals surface area contributed by atoms with Crippen LogP contribution in [0.2, 0.25) is 0 Å². The Kier molecular flexibility index (Phi) is 5.22. The number of likely N-dealkylation sites (N-methyl/N-ethyl adjacent to an activating group) is 1. The van der Waals surface area contributed by atoms with Crippen LogP contribution in [0.25, 0.3) is 0 Å². The number of aliphatic hydroxyl groups is 1. The van der Waals surface area contributed by atoms with E-state index in [0.29, 0.717) is 44.8 Å². The molecule has 1 atom stereocenters. The highest BCUT2D eigenvalue weighted by Crippen LogP contribution is 2.25. The molecule has 26 heavy (non-hydrogen) atoms. The SMILES string of the molecule is Cc1nn(C)cc1CCC(=O)N(C)C[C@@]1(O)CCN(c2ncccn2)C1. The third-order valence-electron chi connectivity index (χ3n) is 4.85. The molecular weight excluding hydrogens is 332 g/mol. The number of amides is 1. The zero-order valence-electron chi connectivity index (χ0n) is 15.6. The Balaban J connectivity index is 1.53. The van der Waals surface area contributed by atoms with Gasteiger partial charge in [-0.05, 0) is 31.4 Å². The second-order valence-corrected chi connectivity index (χ2v) is 7.11. The molecule has 8 nitrogen and oxygen atoms in total. The normalized spacial score (nSPS) is 19.8. The molecule has 0 unspecified atom stereocenters. The second kappa shape index (κ2) is 7.41. The van der Waals surface area contributed by atoms with Crippen LogP contribution < -0.4 is 4.90 Å². The molecule has 3 rings (SSSR count). The largest absolute Gasteiger partial charge is 0.386 e. The number of anilines is 1. The summed E-state index contributed by atoms with van der Waals surface area (Å²) in [6.45, 7) is 3.36. The van der Waals surface area contributed by atoms with Gasteiger partial charge in [-0.15, -0.1) is 0 Å². The fraction of sp³-hybridized carbons (Fsp3) is 0.556.